The van der Waals surface area contributed by atoms with Crippen molar-refractivity contribution in [3.05, 3.63) is 60.0 Å². The molecule has 10 nitrogen and oxygen atoms in total. The van der Waals surface area contributed by atoms with Gasteiger partial charge in [0, 0.05) is 24.8 Å². The molecule has 2 aromatic carbocycles. The first-order valence-electron chi connectivity index (χ1n) is 21.1. The van der Waals surface area contributed by atoms with Crippen molar-refractivity contribution in [2.75, 3.05) is 18.9 Å². The number of rotatable bonds is 26. The fourth-order valence-electron chi connectivity index (χ4n) is 6.24. The summed E-state index contributed by atoms with van der Waals surface area (Å²) < 4.78 is 50.8. The lowest BCUT2D eigenvalue weighted by atomic mass is 10.1. The third kappa shape index (κ3) is 25.3. The van der Waals surface area contributed by atoms with Crippen molar-refractivity contribution in [2.24, 2.45) is 0 Å². The first kappa shape index (κ1) is 83.9. The number of sulfone groups is 1. The van der Waals surface area contributed by atoms with Gasteiger partial charge in [0.05, 0.1) is 34.2 Å². The lowest BCUT2D eigenvalue weighted by molar-refractivity contribution is 0.190. The Morgan fingerprint density at radius 2 is 1.08 bits per heavy atom. The Morgan fingerprint density at radius 3 is 1.47 bits per heavy atom. The number of anilines is 1. The van der Waals surface area contributed by atoms with Gasteiger partial charge < -0.3 is 20.2 Å². The van der Waals surface area contributed by atoms with E-state index in [4.69, 9.17) is 14.9 Å². The molecule has 4 aromatic rings. The van der Waals surface area contributed by atoms with Gasteiger partial charge in [-0.2, -0.15) is 0 Å². The summed E-state index contributed by atoms with van der Waals surface area (Å²) in [5.74, 6) is -0.472. The summed E-state index contributed by atoms with van der Waals surface area (Å²) in [6.07, 6.45) is 2.40. The van der Waals surface area contributed by atoms with E-state index in [0.717, 1.165) is 18.6 Å². The highest BCUT2D eigenvalue weighted by Crippen LogP contribution is 3.43. The van der Waals surface area contributed by atoms with Crippen molar-refractivity contribution >= 4 is 336 Å². The smallest absolute Gasteiger partial charge is 0.270 e. The van der Waals surface area contributed by atoms with Gasteiger partial charge in [-0.3, -0.25) is 0 Å². The highest BCUT2D eigenvalue weighted by Gasteiger charge is 2.55. The summed E-state index contributed by atoms with van der Waals surface area (Å²) >= 11 is 0. The van der Waals surface area contributed by atoms with Crippen molar-refractivity contribution in [2.45, 2.75) is 43.0 Å². The molecule has 3 heterocycles. The number of nitrogens with one attached hydrogen (secondary N) is 1. The number of benzene rings is 2. The molecule has 78 heavy (non-hydrogen) atoms. The van der Waals surface area contributed by atoms with Crippen LogP contribution in [0.1, 0.15) is 25.8 Å². The molecule has 0 spiro atoms. The summed E-state index contributed by atoms with van der Waals surface area (Å²) in [4.78, 5) is 8.89. The Kier molecular flexibility index (Phi) is 45.0. The van der Waals surface area contributed by atoms with E-state index < -0.39 is 20.9 Å². The normalized spacial score (nSPS) is 15.8. The van der Waals surface area contributed by atoms with Crippen molar-refractivity contribution in [3.8, 4) is 34.3 Å². The SMILES string of the molecule is CC(C)S(=O)(=O)c1ccc(-c2cnc(N)c(-c3nnc(-c4ccc(CN[C@@H]5CCOC5)cc4F)o3)n2)cc1.PP(P)P(P)P(P(P)P)P(P(P(P(P)P)P(P)P)P(P(P)P)P(P)P)P(P(P(P)P)P(P)P)P(P(P)P)P(P)P. The molecular formula is C26H69FN6O4P40S. The number of ether oxygens (including phenoxy) is 1. The molecule has 0 saturated carbocycles. The minimum absolute atomic E-state index is 0.0165. The second kappa shape index (κ2) is 41.9. The lowest BCUT2D eigenvalue weighted by Crippen LogP contribution is -2.28. The molecule has 5 rings (SSSR count). The van der Waals surface area contributed by atoms with Crippen molar-refractivity contribution in [1.82, 2.24) is 25.5 Å². The molecule has 0 aliphatic carbocycles. The van der Waals surface area contributed by atoms with Gasteiger partial charge >= 0.3 is 0 Å². The van der Waals surface area contributed by atoms with E-state index in [1.807, 2.05) is 0 Å². The van der Waals surface area contributed by atoms with E-state index in [9.17, 15) is 12.8 Å². The zero-order valence-electron chi connectivity index (χ0n) is 41.5. The van der Waals surface area contributed by atoms with Gasteiger partial charge in [-0.15, -0.1) is 198 Å². The van der Waals surface area contributed by atoms with E-state index in [1.165, 1.54) is 24.4 Å². The van der Waals surface area contributed by atoms with Crippen LogP contribution in [0.25, 0.3) is 34.3 Å². The standard InChI is InChI=1S/C26H27FN6O4S.H42P40/c1-15(2)38(34,35)19-6-4-17(5-7-19)22-13-30-24(28)23(31-22)26-33-32-25(37-26)20-8-3-16(11-21(20)27)12-29-18-9-10-36-14-18;1-22(2)32(21)37(31(19)20)40(38(33(23(3)4)24(5)6)34(25(7)8)26(9)10)39(35(27(11)12)28(13)14)36(29(15)16)30(17)18/h3-8,11,13,15,18,29H,9-10,12,14H2,1-2H3,(H2,28,30);1-21H2/t18-;/m1./s1. The van der Waals surface area contributed by atoms with Crippen LogP contribution >= 0.6 is 320 Å². The molecule has 440 valence electrons. The molecule has 2 aromatic heterocycles. The third-order valence-electron chi connectivity index (χ3n) is 9.71. The third-order valence-corrected chi connectivity index (χ3v) is 284. The van der Waals surface area contributed by atoms with Gasteiger partial charge in [-0.25, -0.2) is 22.8 Å². The van der Waals surface area contributed by atoms with Gasteiger partial charge in [-0.1, -0.05) is 18.2 Å². The minimum Gasteiger partial charge on any atom is -0.414 e. The Labute approximate surface area is 533 Å². The predicted molar refractivity (Wildman–Crippen MR) is 474 cm³/mol. The molecule has 1 aliphatic rings. The lowest BCUT2D eigenvalue weighted by Gasteiger charge is -2.56. The monoisotopic (exact) mass is 1820 g/mol. The molecule has 0 radical (unpaired) electrons. The maximum Gasteiger partial charge on any atom is 0.270 e. The average molecular weight is 1820 g/mol. The molecule has 3 N–H and O–H groups in total. The number of hydrogen-bond donors (Lipinski definition) is 2. The number of aromatic nitrogens is 4. The van der Waals surface area contributed by atoms with Crippen LogP contribution in [-0.2, 0) is 21.1 Å². The van der Waals surface area contributed by atoms with Gasteiger partial charge in [0.25, 0.3) is 11.8 Å². The highest BCUT2D eigenvalue weighted by molar-refractivity contribution is 9.48. The van der Waals surface area contributed by atoms with E-state index >= 15 is 0 Å². The van der Waals surface area contributed by atoms with Gasteiger partial charge in [0.1, 0.15) is 5.82 Å². The highest BCUT2D eigenvalue weighted by atomic mass is 33.5. The fraction of sp³-hybridized carbons (Fsp3) is 0.308. The van der Waals surface area contributed by atoms with Crippen LogP contribution < -0.4 is 11.1 Å². The van der Waals surface area contributed by atoms with Crippen molar-refractivity contribution < 1.29 is 22.0 Å². The zero-order chi connectivity index (χ0) is 58.8. The Morgan fingerprint density at radius 1 is 0.628 bits per heavy atom. The summed E-state index contributed by atoms with van der Waals surface area (Å²) in [5, 5.41) is 10.8. The van der Waals surface area contributed by atoms with Crippen LogP contribution in [0.5, 0.6) is 0 Å². The molecule has 24 atom stereocenters. The van der Waals surface area contributed by atoms with Crippen LogP contribution in [0, 0.1) is 5.82 Å². The molecule has 23 unspecified atom stereocenters. The largest absolute Gasteiger partial charge is 0.414 e. The molecular weight excluding hydrogens is 1750 g/mol. The Hall–Kier alpha value is 13.5. The van der Waals surface area contributed by atoms with E-state index in [1.54, 1.807) is 38.1 Å². The summed E-state index contributed by atoms with van der Waals surface area (Å²) in [6, 6.07) is 11.4. The quantitative estimate of drug-likeness (QED) is 0.0583. The molecule has 0 amide bonds. The summed E-state index contributed by atoms with van der Waals surface area (Å²) in [6.45, 7) is 3.36. The second-order valence-electron chi connectivity index (χ2n) is 15.5. The van der Waals surface area contributed by atoms with Crippen LogP contribution in [0.15, 0.2) is 58.0 Å². The van der Waals surface area contributed by atoms with Crippen LogP contribution in [0.3, 0.4) is 0 Å². The van der Waals surface area contributed by atoms with Gasteiger partial charge in [0.2, 0.25) is 0 Å². The number of hydrogen-bond acceptors (Lipinski definition) is 10. The minimum atomic E-state index is -3.40. The fourth-order valence-corrected chi connectivity index (χ4v) is 548. The summed E-state index contributed by atoms with van der Waals surface area (Å²) in [7, 11) is 67.8. The van der Waals surface area contributed by atoms with Gasteiger partial charge in [-0.05, 0) is 183 Å². The Balaban J connectivity index is 0.000000336. The molecule has 1 aliphatic heterocycles. The van der Waals surface area contributed by atoms with E-state index in [0.29, 0.717) is 24.4 Å². The van der Waals surface area contributed by atoms with E-state index in [-0.39, 0.29) is 173 Å². The first-order chi connectivity index (χ1) is 36.3. The maximum absolute atomic E-state index is 14.9. The van der Waals surface area contributed by atoms with Crippen molar-refractivity contribution in [1.29, 1.82) is 0 Å². The predicted octanol–water partition coefficient (Wildman–Crippen LogP) is 26.8. The molecule has 1 saturated heterocycles. The second-order valence-corrected chi connectivity index (χ2v) is 181. The van der Waals surface area contributed by atoms with E-state index in [2.05, 4.69) is 213 Å². The number of halogens is 1. The topological polar surface area (TPSA) is 146 Å². The zero-order valence-corrected chi connectivity index (χ0v) is 83.6. The average Bonchev–Trinajstić information content (AvgIpc) is 4.05. The van der Waals surface area contributed by atoms with Crippen LogP contribution in [0.2, 0.25) is 0 Å². The molecule has 0 bridgehead atoms. The number of nitrogen functional groups attached to an aromatic ring is 1. The molecule has 52 heteroatoms. The Bertz CT molecular complexity index is 2480. The van der Waals surface area contributed by atoms with Crippen LogP contribution in [0.4, 0.5) is 10.2 Å². The van der Waals surface area contributed by atoms with Crippen LogP contribution in [-0.4, -0.2) is 53.1 Å². The number of nitrogens with two attached hydrogens (primary N) is 1. The number of nitrogens with zero attached hydrogens (tertiary/aromatic N) is 4. The van der Waals surface area contributed by atoms with Crippen molar-refractivity contribution in [3.63, 3.8) is 0 Å². The first-order valence-corrected chi connectivity index (χ1v) is 94.9. The maximum atomic E-state index is 14.9. The summed E-state index contributed by atoms with van der Waals surface area (Å²) in [5.41, 5.74) is 8.16. The molecule has 1 fully saturated rings. The van der Waals surface area contributed by atoms with Gasteiger partial charge in [0.15, 0.2) is 21.3 Å².